The third kappa shape index (κ3) is 8.19. The Morgan fingerprint density at radius 3 is 1.26 bits per heavy atom. The Bertz CT molecular complexity index is 2630. The van der Waals surface area contributed by atoms with E-state index >= 15 is 0 Å². The number of fused-ring (bicyclic) bond motifs is 2. The summed E-state index contributed by atoms with van der Waals surface area (Å²) in [6, 6.07) is 33.6. The first-order valence-electron chi connectivity index (χ1n) is 24.3. The third-order valence-corrected chi connectivity index (χ3v) is 15.2. The Morgan fingerprint density at radius 1 is 0.515 bits per heavy atom. The Labute approximate surface area is 394 Å². The van der Waals surface area contributed by atoms with Crippen molar-refractivity contribution in [3.63, 3.8) is 0 Å². The zero-order valence-corrected chi connectivity index (χ0v) is 37.6. The summed E-state index contributed by atoms with van der Waals surface area (Å²) < 4.78 is 11.2. The molecule has 2 aromatic heterocycles. The maximum atomic E-state index is 14.4. The molecule has 0 unspecified atom stereocenters. The summed E-state index contributed by atoms with van der Waals surface area (Å²) in [6.45, 7) is 0. The highest BCUT2D eigenvalue weighted by molar-refractivity contribution is 5.89. The second kappa shape index (κ2) is 17.5. The number of ether oxygens (including phenoxy) is 2. The minimum atomic E-state index is -0.859. The lowest BCUT2D eigenvalue weighted by molar-refractivity contribution is -0.136. The quantitative estimate of drug-likeness (QED) is 0.0887. The second-order valence-electron chi connectivity index (χ2n) is 19.5. The summed E-state index contributed by atoms with van der Waals surface area (Å²) in [6.07, 6.45) is 11.4. The Morgan fingerprint density at radius 2 is 0.897 bits per heavy atom. The minimum absolute atomic E-state index is 0.0887. The molecule has 6 aliphatic rings. The highest BCUT2D eigenvalue weighted by atomic mass is 16.6. The van der Waals surface area contributed by atoms with E-state index in [9.17, 15) is 19.2 Å². The number of carbonyl (C=O) groups is 4. The van der Waals surface area contributed by atoms with E-state index in [-0.39, 0.29) is 48.2 Å². The Balaban J connectivity index is 0.712. The summed E-state index contributed by atoms with van der Waals surface area (Å²) >= 11 is 0. The van der Waals surface area contributed by atoms with Crippen LogP contribution in [0.15, 0.2) is 122 Å². The summed E-state index contributed by atoms with van der Waals surface area (Å²) in [5.74, 6) is 2.01. The average Bonchev–Trinajstić information content (AvgIpc) is 3.92. The van der Waals surface area contributed by atoms with Gasteiger partial charge >= 0.3 is 12.2 Å². The number of H-pyrrole nitrogens is 2. The van der Waals surface area contributed by atoms with Crippen LogP contribution in [0, 0.1) is 11.8 Å². The number of hydrogen-bond acceptors (Lipinski definition) is 8. The van der Waals surface area contributed by atoms with Crippen molar-refractivity contribution in [1.82, 2.24) is 40.4 Å². The van der Waals surface area contributed by atoms with Crippen molar-refractivity contribution in [3.8, 4) is 33.6 Å². The van der Waals surface area contributed by atoms with E-state index < -0.39 is 24.3 Å². The predicted molar refractivity (Wildman–Crippen MR) is 252 cm³/mol. The van der Waals surface area contributed by atoms with Crippen molar-refractivity contribution in [2.75, 3.05) is 0 Å². The number of nitrogens with zero attached hydrogens (tertiary/aromatic N) is 4. The SMILES string of the molecule is O=C(N[C@H](C(=O)N1[C@@H](c2ncc(-c3ccc(-c4ccc(-c5cnc([C@@H]6C[C@@H]7C[C@@H]7N6C(=O)[C@@H](NC(=O)OC6CCC6)c6ccccc6)[nH]5)cc4)cc3)[nH]2)C[C@H]2C[C@H]21)c1ccccc1)OC1CCC1. The number of likely N-dealkylation sites (tertiary alicyclic amines) is 2. The summed E-state index contributed by atoms with van der Waals surface area (Å²) in [5.41, 5.74) is 7.26. The number of aromatic nitrogens is 4. The number of nitrogens with one attached hydrogen (secondary N) is 4. The number of imidazole rings is 2. The zero-order chi connectivity index (χ0) is 45.9. The van der Waals surface area contributed by atoms with Crippen LogP contribution < -0.4 is 10.6 Å². The number of piperidine rings is 2. The van der Waals surface area contributed by atoms with Crippen molar-refractivity contribution < 1.29 is 28.7 Å². The average molecular weight is 911 g/mol. The zero-order valence-electron chi connectivity index (χ0n) is 37.6. The van der Waals surface area contributed by atoms with E-state index in [1.165, 1.54) is 0 Å². The van der Waals surface area contributed by atoms with Gasteiger partial charge in [0.05, 0.1) is 35.9 Å². The van der Waals surface area contributed by atoms with Gasteiger partial charge in [0.25, 0.3) is 11.8 Å². The van der Waals surface area contributed by atoms with Gasteiger partial charge in [-0.2, -0.15) is 0 Å². The number of rotatable bonds is 13. The molecule has 4 aliphatic carbocycles. The van der Waals surface area contributed by atoms with Crippen molar-refractivity contribution >= 4 is 24.0 Å². The number of benzene rings is 4. The number of hydrogen-bond donors (Lipinski definition) is 4. The normalized spacial score (nSPS) is 24.4. The van der Waals surface area contributed by atoms with Gasteiger partial charge in [0.2, 0.25) is 0 Å². The fourth-order valence-electron chi connectivity index (χ4n) is 10.8. The molecule has 6 fully saturated rings. The van der Waals surface area contributed by atoms with E-state index in [1.807, 2.05) is 82.9 Å². The molecule has 4 amide bonds. The Hall–Kier alpha value is -7.22. The number of alkyl carbamates (subject to hydrolysis) is 2. The highest BCUT2D eigenvalue weighted by Crippen LogP contribution is 2.55. The van der Waals surface area contributed by atoms with Crippen molar-refractivity contribution in [2.45, 2.75) is 113 Å². The molecule has 4 saturated carbocycles. The van der Waals surface area contributed by atoms with Gasteiger partial charge in [-0.15, -0.1) is 0 Å². The molecule has 4 heterocycles. The van der Waals surface area contributed by atoms with Crippen LogP contribution >= 0.6 is 0 Å². The van der Waals surface area contributed by atoms with Gasteiger partial charge in [0, 0.05) is 12.1 Å². The van der Waals surface area contributed by atoms with Crippen LogP contribution in [0.25, 0.3) is 33.6 Å². The molecule has 0 bridgehead atoms. The van der Waals surface area contributed by atoms with Gasteiger partial charge in [0.1, 0.15) is 35.9 Å². The molecule has 0 radical (unpaired) electrons. The van der Waals surface area contributed by atoms with E-state index in [4.69, 9.17) is 19.4 Å². The standard InChI is InChI=1S/C54H54N8O6/c63-51(47(35-9-3-1-4-10-35)59-53(65)67-39-13-7-14-39)61-43-25-37(43)27-45(61)49-55-29-41(57-49)33-21-17-31(18-22-33)32-19-23-34(24-20-32)42-30-56-50(58-42)46-28-38-26-44(38)62(46)52(64)48(36-11-5-2-6-12-36)60-54(66)68-40-15-8-16-40/h1-6,9-12,17-24,29-30,37-40,43-48H,7-8,13-16,25-28H2,(H,55,57)(H,56,58)(H,59,65)(H,60,66)/t37-,38+,43-,44+,45-,46+,47-,48-/m0/s1. The molecule has 0 spiro atoms. The first-order valence-corrected chi connectivity index (χ1v) is 24.3. The van der Waals surface area contributed by atoms with E-state index in [1.54, 1.807) is 0 Å². The van der Waals surface area contributed by atoms with Gasteiger partial charge in [-0.25, -0.2) is 19.6 Å². The molecule has 68 heavy (non-hydrogen) atoms. The predicted octanol–water partition coefficient (Wildman–Crippen LogP) is 9.50. The molecule has 14 heteroatoms. The van der Waals surface area contributed by atoms with Gasteiger partial charge < -0.3 is 39.9 Å². The maximum absolute atomic E-state index is 14.4. The highest BCUT2D eigenvalue weighted by Gasteiger charge is 2.57. The smallest absolute Gasteiger partial charge is 0.408 e. The van der Waals surface area contributed by atoms with Crippen molar-refractivity contribution in [1.29, 1.82) is 0 Å². The minimum Gasteiger partial charge on any atom is -0.446 e. The monoisotopic (exact) mass is 910 g/mol. The molecule has 14 nitrogen and oxygen atoms in total. The number of aromatic amines is 2. The molecule has 12 rings (SSSR count). The summed E-state index contributed by atoms with van der Waals surface area (Å²) in [4.78, 5) is 75.4. The molecular formula is C54H54N8O6. The van der Waals surface area contributed by atoms with Crippen LogP contribution in [0.4, 0.5) is 9.59 Å². The van der Waals surface area contributed by atoms with Crippen LogP contribution in [0.1, 0.15) is 111 Å². The molecule has 2 aliphatic heterocycles. The lowest BCUT2D eigenvalue weighted by atomic mass is 9.96. The molecule has 8 atom stereocenters. The van der Waals surface area contributed by atoms with E-state index in [0.29, 0.717) is 11.8 Å². The van der Waals surface area contributed by atoms with Crippen LogP contribution in [0.5, 0.6) is 0 Å². The van der Waals surface area contributed by atoms with Gasteiger partial charge in [-0.05, 0) is 109 Å². The van der Waals surface area contributed by atoms with Gasteiger partial charge in [-0.1, -0.05) is 109 Å². The fraction of sp³-hybridized carbons (Fsp3) is 0.370. The maximum Gasteiger partial charge on any atom is 0.408 e. The second-order valence-corrected chi connectivity index (χ2v) is 19.5. The Kier molecular flexibility index (Phi) is 10.8. The molecule has 4 N–H and O–H groups in total. The molecular weight excluding hydrogens is 857 g/mol. The van der Waals surface area contributed by atoms with Gasteiger partial charge in [0.15, 0.2) is 0 Å². The first kappa shape index (κ1) is 42.2. The van der Waals surface area contributed by atoms with Crippen molar-refractivity contribution in [2.24, 2.45) is 11.8 Å². The van der Waals surface area contributed by atoms with E-state index in [2.05, 4.69) is 69.1 Å². The number of carbonyl (C=O) groups excluding carboxylic acids is 4. The van der Waals surface area contributed by atoms with Crippen LogP contribution in [-0.2, 0) is 19.1 Å². The number of amides is 4. The third-order valence-electron chi connectivity index (χ3n) is 15.2. The van der Waals surface area contributed by atoms with Crippen LogP contribution in [-0.4, -0.2) is 78.0 Å². The largest absolute Gasteiger partial charge is 0.446 e. The lowest BCUT2D eigenvalue weighted by Crippen LogP contribution is -2.45. The molecule has 346 valence electrons. The summed E-state index contributed by atoms with van der Waals surface area (Å²) in [5, 5.41) is 5.81. The fourth-order valence-corrected chi connectivity index (χ4v) is 10.8. The molecule has 2 saturated heterocycles. The van der Waals surface area contributed by atoms with E-state index in [0.717, 1.165) is 121 Å². The van der Waals surface area contributed by atoms with Gasteiger partial charge in [-0.3, -0.25) is 9.59 Å². The molecule has 4 aromatic carbocycles. The molecule has 6 aromatic rings. The first-order chi connectivity index (χ1) is 33.3. The summed E-state index contributed by atoms with van der Waals surface area (Å²) in [7, 11) is 0. The van der Waals surface area contributed by atoms with Crippen molar-refractivity contribution in [3.05, 3.63) is 144 Å². The lowest BCUT2D eigenvalue weighted by Gasteiger charge is -2.31. The topological polar surface area (TPSA) is 175 Å². The van der Waals surface area contributed by atoms with Crippen LogP contribution in [0.3, 0.4) is 0 Å². The van der Waals surface area contributed by atoms with Crippen LogP contribution in [0.2, 0.25) is 0 Å².